The van der Waals surface area contributed by atoms with Gasteiger partial charge in [0.2, 0.25) is 0 Å². The van der Waals surface area contributed by atoms with Crippen molar-refractivity contribution in [3.05, 3.63) is 48.0 Å². The van der Waals surface area contributed by atoms with Gasteiger partial charge < -0.3 is 9.64 Å². The number of hydrogen-bond donors (Lipinski definition) is 0. The number of likely N-dealkylation sites (N-methyl/N-ethyl adjacent to an activating group) is 1. The van der Waals surface area contributed by atoms with Crippen molar-refractivity contribution in [1.82, 2.24) is 9.80 Å². The van der Waals surface area contributed by atoms with Crippen LogP contribution in [0.15, 0.2) is 52.4 Å². The van der Waals surface area contributed by atoms with Gasteiger partial charge in [0.25, 0.3) is 9.84 Å². The smallest absolute Gasteiger partial charge is 0.491 e. The van der Waals surface area contributed by atoms with Crippen molar-refractivity contribution in [3.8, 4) is 16.9 Å². The maximum Gasteiger partial charge on any atom is 0.501 e. The summed E-state index contributed by atoms with van der Waals surface area (Å²) < 4.78 is 67.8. The molecule has 2 aromatic rings. The Labute approximate surface area is 198 Å². The minimum Gasteiger partial charge on any atom is -0.491 e. The maximum absolute atomic E-state index is 12.9. The van der Waals surface area contributed by atoms with Crippen molar-refractivity contribution in [1.29, 1.82) is 0 Å². The SMILES string of the molecule is CCN(CC)[C@H]1CCN(C2=NCCOc3ccc(-c4ccc(S(=O)(=O)C(F)(F)F)cc4)cc32)C1. The van der Waals surface area contributed by atoms with Gasteiger partial charge in [0.15, 0.2) is 0 Å². The first kappa shape index (κ1) is 24.5. The van der Waals surface area contributed by atoms with Gasteiger partial charge in [0.05, 0.1) is 17.0 Å². The van der Waals surface area contributed by atoms with E-state index in [2.05, 4.69) is 23.6 Å². The average Bonchev–Trinajstić information content (AvgIpc) is 3.19. The largest absolute Gasteiger partial charge is 0.501 e. The number of alkyl halides is 3. The lowest BCUT2D eigenvalue weighted by Crippen LogP contribution is -2.38. The molecule has 6 nitrogen and oxygen atoms in total. The zero-order valence-electron chi connectivity index (χ0n) is 19.2. The van der Waals surface area contributed by atoms with Crippen molar-refractivity contribution in [2.75, 3.05) is 39.3 Å². The van der Waals surface area contributed by atoms with Gasteiger partial charge >= 0.3 is 5.51 Å². The van der Waals surface area contributed by atoms with Gasteiger partial charge in [-0.3, -0.25) is 9.89 Å². The molecular formula is C24H28F3N3O3S. The summed E-state index contributed by atoms with van der Waals surface area (Å²) in [6, 6.07) is 10.8. The molecule has 4 rings (SSSR count). The van der Waals surface area contributed by atoms with E-state index < -0.39 is 20.2 Å². The molecule has 184 valence electrons. The molecule has 1 atom stereocenters. The lowest BCUT2D eigenvalue weighted by molar-refractivity contribution is -0.0436. The Bertz CT molecular complexity index is 1160. The number of ether oxygens (including phenoxy) is 1. The molecule has 0 bridgehead atoms. The normalized spacial score (nSPS) is 18.9. The molecule has 1 saturated heterocycles. The van der Waals surface area contributed by atoms with Crippen LogP contribution in [-0.2, 0) is 9.84 Å². The van der Waals surface area contributed by atoms with Gasteiger partial charge in [-0.2, -0.15) is 13.2 Å². The summed E-state index contributed by atoms with van der Waals surface area (Å²) in [5.41, 5.74) is -3.15. The molecule has 1 fully saturated rings. The van der Waals surface area contributed by atoms with Gasteiger partial charge in [0, 0.05) is 19.1 Å². The Kier molecular flexibility index (Phi) is 6.91. The summed E-state index contributed by atoms with van der Waals surface area (Å²) in [6.45, 7) is 9.06. The minimum absolute atomic E-state index is 0.455. The van der Waals surface area contributed by atoms with Crippen LogP contribution >= 0.6 is 0 Å². The molecule has 2 aliphatic rings. The van der Waals surface area contributed by atoms with Crippen LogP contribution in [0.5, 0.6) is 5.75 Å². The van der Waals surface area contributed by atoms with E-state index in [1.807, 2.05) is 18.2 Å². The Morgan fingerprint density at radius 2 is 1.76 bits per heavy atom. The topological polar surface area (TPSA) is 62.2 Å². The summed E-state index contributed by atoms with van der Waals surface area (Å²) in [5.74, 6) is 1.57. The summed E-state index contributed by atoms with van der Waals surface area (Å²) in [4.78, 5) is 8.74. The lowest BCUT2D eigenvalue weighted by atomic mass is 10.0. The molecule has 2 heterocycles. The van der Waals surface area contributed by atoms with Crippen LogP contribution in [0.1, 0.15) is 25.8 Å². The van der Waals surface area contributed by atoms with Crippen LogP contribution in [0.2, 0.25) is 0 Å². The predicted molar refractivity (Wildman–Crippen MR) is 125 cm³/mol. The number of likely N-dealkylation sites (tertiary alicyclic amines) is 1. The van der Waals surface area contributed by atoms with Crippen LogP contribution in [0.3, 0.4) is 0 Å². The maximum atomic E-state index is 12.9. The average molecular weight is 496 g/mol. The lowest BCUT2D eigenvalue weighted by Gasteiger charge is -2.27. The highest BCUT2D eigenvalue weighted by molar-refractivity contribution is 7.92. The summed E-state index contributed by atoms with van der Waals surface area (Å²) in [7, 11) is -5.38. The molecule has 0 unspecified atom stereocenters. The molecule has 2 aliphatic heterocycles. The van der Waals surface area contributed by atoms with Gasteiger partial charge in [-0.15, -0.1) is 0 Å². The fourth-order valence-corrected chi connectivity index (χ4v) is 5.37. The van der Waals surface area contributed by atoms with Crippen molar-refractivity contribution in [2.24, 2.45) is 4.99 Å². The van der Waals surface area contributed by atoms with Crippen LogP contribution in [0, 0.1) is 0 Å². The molecule has 0 saturated carbocycles. The Balaban J connectivity index is 1.64. The first-order chi connectivity index (χ1) is 16.2. The van der Waals surface area contributed by atoms with E-state index in [0.717, 1.165) is 61.7 Å². The van der Waals surface area contributed by atoms with Gasteiger partial charge in [-0.1, -0.05) is 32.0 Å². The highest BCUT2D eigenvalue weighted by Gasteiger charge is 2.46. The third-order valence-corrected chi connectivity index (χ3v) is 7.93. The molecule has 2 aromatic carbocycles. The number of halogens is 3. The predicted octanol–water partition coefficient (Wildman–Crippen LogP) is 4.20. The molecule has 0 radical (unpaired) electrons. The van der Waals surface area contributed by atoms with E-state index in [0.29, 0.717) is 30.5 Å². The van der Waals surface area contributed by atoms with Gasteiger partial charge in [0.1, 0.15) is 18.2 Å². The Morgan fingerprint density at radius 3 is 2.41 bits per heavy atom. The minimum atomic E-state index is -5.38. The Hall–Kier alpha value is -2.59. The molecule has 0 N–H and O–H groups in total. The second kappa shape index (κ2) is 9.58. The van der Waals surface area contributed by atoms with Gasteiger partial charge in [-0.25, -0.2) is 8.42 Å². The summed E-state index contributed by atoms with van der Waals surface area (Å²) in [6.07, 6.45) is 1.05. The van der Waals surface area contributed by atoms with Crippen molar-refractivity contribution in [2.45, 2.75) is 36.7 Å². The zero-order chi connectivity index (χ0) is 24.5. The highest BCUT2D eigenvalue weighted by Crippen LogP contribution is 2.34. The molecule has 0 aliphatic carbocycles. The first-order valence-corrected chi connectivity index (χ1v) is 12.9. The van der Waals surface area contributed by atoms with Crippen molar-refractivity contribution in [3.63, 3.8) is 0 Å². The quantitative estimate of drug-likeness (QED) is 0.622. The zero-order valence-corrected chi connectivity index (χ0v) is 20.0. The third-order valence-electron chi connectivity index (χ3n) is 6.43. The van der Waals surface area contributed by atoms with E-state index in [4.69, 9.17) is 9.73 Å². The number of aliphatic imine (C=N–C) groups is 1. The molecule has 10 heteroatoms. The summed E-state index contributed by atoms with van der Waals surface area (Å²) in [5, 5.41) is 0. The molecule has 0 aromatic heterocycles. The number of amidine groups is 1. The number of sulfone groups is 1. The molecular weight excluding hydrogens is 467 g/mol. The van der Waals surface area contributed by atoms with Crippen LogP contribution in [0.25, 0.3) is 11.1 Å². The number of nitrogens with zero attached hydrogens (tertiary/aromatic N) is 3. The number of hydrogen-bond acceptors (Lipinski definition) is 6. The van der Waals surface area contributed by atoms with Crippen molar-refractivity contribution >= 4 is 15.7 Å². The molecule has 34 heavy (non-hydrogen) atoms. The highest BCUT2D eigenvalue weighted by atomic mass is 32.2. The van der Waals surface area contributed by atoms with Crippen molar-refractivity contribution < 1.29 is 26.3 Å². The summed E-state index contributed by atoms with van der Waals surface area (Å²) >= 11 is 0. The fourth-order valence-electron chi connectivity index (χ4n) is 4.61. The van der Waals surface area contributed by atoms with E-state index in [1.165, 1.54) is 12.1 Å². The van der Waals surface area contributed by atoms with E-state index in [-0.39, 0.29) is 0 Å². The second-order valence-corrected chi connectivity index (χ2v) is 10.3. The molecule has 0 amide bonds. The number of fused-ring (bicyclic) bond motifs is 1. The molecule has 0 spiro atoms. The van der Waals surface area contributed by atoms with Crippen LogP contribution in [-0.4, -0.2) is 74.9 Å². The first-order valence-electron chi connectivity index (χ1n) is 11.4. The van der Waals surface area contributed by atoms with E-state index in [9.17, 15) is 21.6 Å². The third kappa shape index (κ3) is 4.65. The second-order valence-electron chi connectivity index (χ2n) is 8.35. The van der Waals surface area contributed by atoms with Crippen LogP contribution in [0.4, 0.5) is 13.2 Å². The Morgan fingerprint density at radius 1 is 1.09 bits per heavy atom. The number of benzene rings is 2. The van der Waals surface area contributed by atoms with Crippen LogP contribution < -0.4 is 4.74 Å². The van der Waals surface area contributed by atoms with E-state index in [1.54, 1.807) is 0 Å². The fraction of sp³-hybridized carbons (Fsp3) is 0.458. The van der Waals surface area contributed by atoms with Gasteiger partial charge in [-0.05, 0) is 54.9 Å². The monoisotopic (exact) mass is 495 g/mol. The van der Waals surface area contributed by atoms with E-state index >= 15 is 0 Å². The standard InChI is InChI=1S/C24H28F3N3O3S/c1-3-29(4-2)19-11-13-30(16-19)23-21-15-18(7-10-22(21)33-14-12-28-23)17-5-8-20(9-6-17)34(31,32)24(25,26)27/h5-10,15,19H,3-4,11-14,16H2,1-2H3/t19-/m0/s1. The number of rotatable bonds is 5.